The number of aromatic nitrogens is 2. The Labute approximate surface area is 110 Å². The van der Waals surface area contributed by atoms with E-state index in [2.05, 4.69) is 10.3 Å². The van der Waals surface area contributed by atoms with Gasteiger partial charge in [-0.2, -0.15) is 5.10 Å². The number of hydrogen-bond donors (Lipinski definition) is 2. The van der Waals surface area contributed by atoms with Crippen molar-refractivity contribution in [3.63, 3.8) is 0 Å². The summed E-state index contributed by atoms with van der Waals surface area (Å²) in [6.45, 7) is 2.93. The highest BCUT2D eigenvalue weighted by Crippen LogP contribution is 2.13. The highest BCUT2D eigenvalue weighted by Gasteiger charge is 2.29. The van der Waals surface area contributed by atoms with E-state index in [0.717, 1.165) is 5.69 Å². The largest absolute Gasteiger partial charge is 0.409 e. The predicted octanol–water partition coefficient (Wildman–Crippen LogP) is -0.684. The monoisotopic (exact) mass is 267 g/mol. The number of hydrogen-bond acceptors (Lipinski definition) is 5. The lowest BCUT2D eigenvalue weighted by Crippen LogP contribution is -2.50. The van der Waals surface area contributed by atoms with Crippen LogP contribution >= 0.6 is 0 Å². The Morgan fingerprint density at radius 3 is 3.00 bits per heavy atom. The first-order chi connectivity index (χ1) is 9.04. The summed E-state index contributed by atoms with van der Waals surface area (Å²) in [4.78, 5) is 14.0. The number of rotatable bonds is 2. The zero-order valence-electron chi connectivity index (χ0n) is 10.9. The van der Waals surface area contributed by atoms with Gasteiger partial charge in [0.1, 0.15) is 6.10 Å². The molecule has 0 bridgehead atoms. The predicted molar refractivity (Wildman–Crippen MR) is 67.0 cm³/mol. The van der Waals surface area contributed by atoms with E-state index >= 15 is 0 Å². The molecule has 1 fully saturated rings. The molecule has 1 aromatic heterocycles. The molecular weight excluding hydrogens is 250 g/mol. The number of carbonyl (C=O) groups excluding carboxylic acids is 1. The second-order valence-corrected chi connectivity index (χ2v) is 4.40. The van der Waals surface area contributed by atoms with Gasteiger partial charge in [0, 0.05) is 19.3 Å². The third-order valence-electron chi connectivity index (χ3n) is 3.26. The van der Waals surface area contributed by atoms with Crippen LogP contribution in [0.2, 0.25) is 0 Å². The smallest absolute Gasteiger partial charge is 0.257 e. The molecule has 8 nitrogen and oxygen atoms in total. The van der Waals surface area contributed by atoms with E-state index in [9.17, 15) is 4.79 Å². The van der Waals surface area contributed by atoms with Crippen LogP contribution in [0.5, 0.6) is 0 Å². The Hall–Kier alpha value is -2.09. The molecule has 19 heavy (non-hydrogen) atoms. The van der Waals surface area contributed by atoms with E-state index in [1.54, 1.807) is 22.8 Å². The maximum Gasteiger partial charge on any atom is 0.257 e. The number of nitrogens with zero attached hydrogens (tertiary/aromatic N) is 4. The third kappa shape index (κ3) is 2.53. The van der Waals surface area contributed by atoms with Crippen LogP contribution in [-0.2, 0) is 11.8 Å². The van der Waals surface area contributed by atoms with Gasteiger partial charge >= 0.3 is 0 Å². The topological polar surface area (TPSA) is 106 Å². The average molecular weight is 267 g/mol. The molecular formula is C11H17N5O3. The maximum absolute atomic E-state index is 12.4. The summed E-state index contributed by atoms with van der Waals surface area (Å²) in [5.41, 5.74) is 6.86. The number of ether oxygens (including phenoxy) is 1. The molecule has 0 saturated carbocycles. The van der Waals surface area contributed by atoms with Crippen LogP contribution in [0.15, 0.2) is 11.4 Å². The first-order valence-corrected chi connectivity index (χ1v) is 5.91. The number of carbonyl (C=O) groups is 1. The Bertz CT molecular complexity index is 510. The van der Waals surface area contributed by atoms with E-state index in [1.165, 1.54) is 0 Å². The van der Waals surface area contributed by atoms with E-state index in [4.69, 9.17) is 15.7 Å². The van der Waals surface area contributed by atoms with Crippen molar-refractivity contribution in [3.05, 3.63) is 17.5 Å². The molecule has 1 aromatic rings. The molecule has 2 rings (SSSR count). The standard InChI is InChI=1S/C11H17N5O3/c1-7-8(5-13-15(7)2)11(17)16-3-4-19-9(6-16)10(12)14-18/h5,9,18H,3-4,6H2,1-2H3,(H2,12,14). The molecule has 0 radical (unpaired) electrons. The van der Waals surface area contributed by atoms with Crippen molar-refractivity contribution in [2.75, 3.05) is 19.7 Å². The fourth-order valence-electron chi connectivity index (χ4n) is 1.96. The lowest BCUT2D eigenvalue weighted by atomic mass is 10.2. The number of nitrogens with two attached hydrogens (primary N) is 1. The zero-order valence-corrected chi connectivity index (χ0v) is 10.9. The van der Waals surface area contributed by atoms with Crippen LogP contribution in [0, 0.1) is 6.92 Å². The number of morpholine rings is 1. The SMILES string of the molecule is Cc1c(C(=O)N2CCOC(C(N)=NO)C2)cnn1C. The molecule has 1 amide bonds. The molecule has 0 aliphatic carbocycles. The quantitative estimate of drug-likeness (QED) is 0.319. The fraction of sp³-hybridized carbons (Fsp3) is 0.545. The summed E-state index contributed by atoms with van der Waals surface area (Å²) >= 11 is 0. The van der Waals surface area contributed by atoms with E-state index in [0.29, 0.717) is 18.7 Å². The number of aryl methyl sites for hydroxylation is 1. The number of oxime groups is 1. The minimum atomic E-state index is -0.570. The van der Waals surface area contributed by atoms with Crippen LogP contribution in [0.25, 0.3) is 0 Å². The molecule has 1 atom stereocenters. The van der Waals surface area contributed by atoms with Gasteiger partial charge in [-0.3, -0.25) is 9.48 Å². The second-order valence-electron chi connectivity index (χ2n) is 4.40. The van der Waals surface area contributed by atoms with E-state index in [-0.39, 0.29) is 18.3 Å². The molecule has 1 saturated heterocycles. The molecule has 104 valence electrons. The van der Waals surface area contributed by atoms with Gasteiger partial charge < -0.3 is 20.6 Å². The zero-order chi connectivity index (χ0) is 14.0. The van der Waals surface area contributed by atoms with Crippen LogP contribution in [0.3, 0.4) is 0 Å². The second kappa shape index (κ2) is 5.27. The lowest BCUT2D eigenvalue weighted by molar-refractivity contribution is 0.00671. The molecule has 3 N–H and O–H groups in total. The molecule has 1 aliphatic heterocycles. The minimum Gasteiger partial charge on any atom is -0.409 e. The van der Waals surface area contributed by atoms with Crippen LogP contribution in [0.1, 0.15) is 16.1 Å². The van der Waals surface area contributed by atoms with Crippen molar-refractivity contribution < 1.29 is 14.7 Å². The van der Waals surface area contributed by atoms with Gasteiger partial charge in [-0.05, 0) is 6.92 Å². The van der Waals surface area contributed by atoms with Gasteiger partial charge in [-0.15, -0.1) is 0 Å². The van der Waals surface area contributed by atoms with Crippen LogP contribution in [-0.4, -0.2) is 57.4 Å². The summed E-state index contributed by atoms with van der Waals surface area (Å²) in [6.07, 6.45) is 0.978. The third-order valence-corrected chi connectivity index (χ3v) is 3.26. The van der Waals surface area contributed by atoms with Crippen LogP contribution < -0.4 is 5.73 Å². The summed E-state index contributed by atoms with van der Waals surface area (Å²) in [7, 11) is 1.78. The van der Waals surface area contributed by atoms with Crippen molar-refractivity contribution in [1.29, 1.82) is 0 Å². The molecule has 8 heteroatoms. The minimum absolute atomic E-state index is 0.0274. The number of amidine groups is 1. The van der Waals surface area contributed by atoms with Crippen molar-refractivity contribution >= 4 is 11.7 Å². The summed E-state index contributed by atoms with van der Waals surface area (Å²) < 4.78 is 7.00. The Morgan fingerprint density at radius 1 is 1.68 bits per heavy atom. The van der Waals surface area contributed by atoms with Crippen molar-refractivity contribution in [1.82, 2.24) is 14.7 Å². The molecule has 1 unspecified atom stereocenters. The van der Waals surface area contributed by atoms with Gasteiger partial charge in [0.25, 0.3) is 5.91 Å². The Kier molecular flexibility index (Phi) is 3.70. The Morgan fingerprint density at radius 2 is 2.42 bits per heavy atom. The molecule has 0 spiro atoms. The first-order valence-electron chi connectivity index (χ1n) is 5.91. The maximum atomic E-state index is 12.4. The Balaban J connectivity index is 2.13. The summed E-state index contributed by atoms with van der Waals surface area (Å²) in [5.74, 6) is -0.148. The van der Waals surface area contributed by atoms with Gasteiger partial charge in [-0.25, -0.2) is 0 Å². The number of amides is 1. The van der Waals surface area contributed by atoms with Crippen LogP contribution in [0.4, 0.5) is 0 Å². The van der Waals surface area contributed by atoms with Gasteiger partial charge in [0.15, 0.2) is 5.84 Å². The van der Waals surface area contributed by atoms with Gasteiger partial charge in [0.05, 0.1) is 24.9 Å². The summed E-state index contributed by atoms with van der Waals surface area (Å²) in [5, 5.41) is 15.6. The summed E-state index contributed by atoms with van der Waals surface area (Å²) in [6, 6.07) is 0. The van der Waals surface area contributed by atoms with E-state index in [1.807, 2.05) is 6.92 Å². The fourth-order valence-corrected chi connectivity index (χ4v) is 1.96. The molecule has 0 aromatic carbocycles. The van der Waals surface area contributed by atoms with Crippen molar-refractivity contribution in [3.8, 4) is 0 Å². The molecule has 2 heterocycles. The highest BCUT2D eigenvalue weighted by atomic mass is 16.5. The lowest BCUT2D eigenvalue weighted by Gasteiger charge is -2.32. The first kappa shape index (κ1) is 13.3. The normalized spacial score (nSPS) is 20.6. The van der Waals surface area contributed by atoms with Crippen molar-refractivity contribution in [2.45, 2.75) is 13.0 Å². The van der Waals surface area contributed by atoms with Gasteiger partial charge in [-0.1, -0.05) is 5.16 Å². The van der Waals surface area contributed by atoms with E-state index < -0.39 is 6.10 Å². The molecule has 1 aliphatic rings. The van der Waals surface area contributed by atoms with Gasteiger partial charge in [0.2, 0.25) is 0 Å². The average Bonchev–Trinajstić information content (AvgIpc) is 2.77. The highest BCUT2D eigenvalue weighted by molar-refractivity contribution is 5.95. The van der Waals surface area contributed by atoms with Crippen molar-refractivity contribution in [2.24, 2.45) is 17.9 Å².